The van der Waals surface area contributed by atoms with Crippen molar-refractivity contribution in [2.75, 3.05) is 18.4 Å². The Bertz CT molecular complexity index is 438. The monoisotopic (exact) mass is 290 g/mol. The fourth-order valence-electron chi connectivity index (χ4n) is 1.94. The van der Waals surface area contributed by atoms with Gasteiger partial charge in [0.15, 0.2) is 0 Å². The number of piperidine rings is 1. The highest BCUT2D eigenvalue weighted by atomic mass is 35.5. The number of nitrogens with one attached hydrogen (secondary N) is 1. The highest BCUT2D eigenvalue weighted by Crippen LogP contribution is 2.31. The summed E-state index contributed by atoms with van der Waals surface area (Å²) in [6, 6.07) is 2.00. The molecule has 1 saturated heterocycles. The van der Waals surface area contributed by atoms with Crippen LogP contribution in [0.1, 0.15) is 19.3 Å². The molecule has 0 aromatic heterocycles. The van der Waals surface area contributed by atoms with Gasteiger partial charge >= 0.3 is 6.03 Å². The zero-order chi connectivity index (χ0) is 13.1. The Morgan fingerprint density at radius 2 is 1.72 bits per heavy atom. The van der Waals surface area contributed by atoms with Crippen LogP contribution in [0.4, 0.5) is 14.9 Å². The van der Waals surface area contributed by atoms with Gasteiger partial charge in [-0.15, -0.1) is 0 Å². The lowest BCUT2D eigenvalue weighted by atomic mass is 10.1. The number of anilines is 1. The molecule has 1 aliphatic rings. The van der Waals surface area contributed by atoms with E-state index in [1.807, 2.05) is 0 Å². The normalized spacial score (nSPS) is 15.6. The number of rotatable bonds is 1. The number of likely N-dealkylation sites (tertiary alicyclic amines) is 1. The predicted molar refractivity (Wildman–Crippen MR) is 70.9 cm³/mol. The Labute approximate surface area is 115 Å². The average molecular weight is 291 g/mol. The number of carbonyl (C=O) groups is 1. The lowest BCUT2D eigenvalue weighted by Crippen LogP contribution is -2.38. The molecule has 1 aliphatic heterocycles. The number of nitrogens with zero attached hydrogens (tertiary/aromatic N) is 1. The van der Waals surface area contributed by atoms with Crippen LogP contribution in [0.25, 0.3) is 0 Å². The van der Waals surface area contributed by atoms with E-state index in [1.165, 1.54) is 0 Å². The molecule has 1 aromatic carbocycles. The third-order valence-electron chi connectivity index (χ3n) is 2.88. The molecular weight excluding hydrogens is 278 g/mol. The van der Waals surface area contributed by atoms with E-state index in [2.05, 4.69) is 5.32 Å². The second kappa shape index (κ2) is 5.76. The van der Waals surface area contributed by atoms with Crippen molar-refractivity contribution in [1.82, 2.24) is 4.90 Å². The standard InChI is InChI=1S/C12H13Cl2FN2O/c13-9-6-8(15)7-10(14)11(9)16-12(18)17-4-2-1-3-5-17/h6-7H,1-5H2,(H,16,18). The second-order valence-corrected chi connectivity index (χ2v) is 5.04. The molecule has 0 radical (unpaired) electrons. The van der Waals surface area contributed by atoms with Crippen molar-refractivity contribution in [3.8, 4) is 0 Å². The van der Waals surface area contributed by atoms with Gasteiger partial charge in [0.05, 0.1) is 15.7 Å². The molecule has 1 heterocycles. The predicted octanol–water partition coefficient (Wildman–Crippen LogP) is 4.15. The van der Waals surface area contributed by atoms with E-state index in [-0.39, 0.29) is 21.8 Å². The lowest BCUT2D eigenvalue weighted by Gasteiger charge is -2.27. The molecule has 0 bridgehead atoms. The Balaban J connectivity index is 2.11. The molecule has 0 atom stereocenters. The van der Waals surface area contributed by atoms with Crippen LogP contribution in [0.15, 0.2) is 12.1 Å². The van der Waals surface area contributed by atoms with Gasteiger partial charge in [-0.25, -0.2) is 9.18 Å². The minimum absolute atomic E-state index is 0.102. The molecule has 2 rings (SSSR count). The van der Waals surface area contributed by atoms with Crippen LogP contribution >= 0.6 is 23.2 Å². The molecule has 0 aliphatic carbocycles. The Morgan fingerprint density at radius 3 is 2.28 bits per heavy atom. The van der Waals surface area contributed by atoms with E-state index in [0.717, 1.165) is 44.5 Å². The highest BCUT2D eigenvalue weighted by Gasteiger charge is 2.18. The Hall–Kier alpha value is -1.00. The van der Waals surface area contributed by atoms with Gasteiger partial charge in [0.25, 0.3) is 0 Å². The van der Waals surface area contributed by atoms with Gasteiger partial charge in [0.2, 0.25) is 0 Å². The van der Waals surface area contributed by atoms with Crippen LogP contribution in [0.3, 0.4) is 0 Å². The summed E-state index contributed by atoms with van der Waals surface area (Å²) in [5, 5.41) is 2.84. The van der Waals surface area contributed by atoms with Crippen molar-refractivity contribution in [2.45, 2.75) is 19.3 Å². The lowest BCUT2D eigenvalue weighted by molar-refractivity contribution is 0.200. The third kappa shape index (κ3) is 3.06. The molecule has 2 amide bonds. The molecule has 1 N–H and O–H groups in total. The van der Waals surface area contributed by atoms with Crippen LogP contribution in [-0.4, -0.2) is 24.0 Å². The summed E-state index contributed by atoms with van der Waals surface area (Å²) in [6.45, 7) is 1.45. The van der Waals surface area contributed by atoms with E-state index < -0.39 is 5.82 Å². The fraction of sp³-hybridized carbons (Fsp3) is 0.417. The number of amides is 2. The zero-order valence-electron chi connectivity index (χ0n) is 9.68. The van der Waals surface area contributed by atoms with Crippen molar-refractivity contribution >= 4 is 34.9 Å². The first kappa shape index (κ1) is 13.4. The van der Waals surface area contributed by atoms with E-state index in [4.69, 9.17) is 23.2 Å². The topological polar surface area (TPSA) is 32.3 Å². The van der Waals surface area contributed by atoms with Gasteiger partial charge in [-0.1, -0.05) is 23.2 Å². The summed E-state index contributed by atoms with van der Waals surface area (Å²) in [6.07, 6.45) is 3.14. The van der Waals surface area contributed by atoms with Crippen LogP contribution < -0.4 is 5.32 Å². The summed E-state index contributed by atoms with van der Waals surface area (Å²) in [5.74, 6) is -0.527. The van der Waals surface area contributed by atoms with Gasteiger partial charge in [0.1, 0.15) is 5.82 Å². The summed E-state index contributed by atoms with van der Waals surface area (Å²) in [4.78, 5) is 13.7. The highest BCUT2D eigenvalue weighted by molar-refractivity contribution is 6.39. The molecule has 1 aromatic rings. The Morgan fingerprint density at radius 1 is 1.17 bits per heavy atom. The zero-order valence-corrected chi connectivity index (χ0v) is 11.2. The SMILES string of the molecule is O=C(Nc1c(Cl)cc(F)cc1Cl)N1CCCCC1. The molecule has 3 nitrogen and oxygen atoms in total. The number of carbonyl (C=O) groups excluding carboxylic acids is 1. The number of urea groups is 1. The molecule has 0 saturated carbocycles. The first-order valence-electron chi connectivity index (χ1n) is 5.78. The van der Waals surface area contributed by atoms with E-state index in [1.54, 1.807) is 4.90 Å². The maximum absolute atomic E-state index is 13.0. The number of benzene rings is 1. The van der Waals surface area contributed by atoms with Gasteiger partial charge in [-0.3, -0.25) is 0 Å². The van der Waals surface area contributed by atoms with Crippen LogP contribution in [0, 0.1) is 5.82 Å². The first-order chi connectivity index (χ1) is 8.58. The number of halogens is 3. The van der Waals surface area contributed by atoms with Crippen molar-refractivity contribution < 1.29 is 9.18 Å². The number of hydrogen-bond donors (Lipinski definition) is 1. The van der Waals surface area contributed by atoms with Crippen LogP contribution in [0.5, 0.6) is 0 Å². The molecule has 98 valence electrons. The van der Waals surface area contributed by atoms with Crippen LogP contribution in [0.2, 0.25) is 10.0 Å². The minimum atomic E-state index is -0.527. The molecule has 0 unspecified atom stereocenters. The fourth-order valence-corrected chi connectivity index (χ4v) is 2.50. The van der Waals surface area contributed by atoms with E-state index in [9.17, 15) is 9.18 Å². The van der Waals surface area contributed by atoms with Crippen molar-refractivity contribution in [3.63, 3.8) is 0 Å². The van der Waals surface area contributed by atoms with Crippen molar-refractivity contribution in [3.05, 3.63) is 28.0 Å². The van der Waals surface area contributed by atoms with Gasteiger partial charge in [-0.05, 0) is 31.4 Å². The molecular formula is C12H13Cl2FN2O. The van der Waals surface area contributed by atoms with Crippen molar-refractivity contribution in [1.29, 1.82) is 0 Å². The third-order valence-corrected chi connectivity index (χ3v) is 3.48. The molecule has 6 heteroatoms. The summed E-state index contributed by atoms with van der Waals surface area (Å²) in [5.41, 5.74) is 0.260. The summed E-state index contributed by atoms with van der Waals surface area (Å²) < 4.78 is 13.0. The maximum atomic E-state index is 13.0. The van der Waals surface area contributed by atoms with E-state index in [0.29, 0.717) is 0 Å². The second-order valence-electron chi connectivity index (χ2n) is 4.22. The summed E-state index contributed by atoms with van der Waals surface area (Å²) in [7, 11) is 0. The maximum Gasteiger partial charge on any atom is 0.321 e. The van der Waals surface area contributed by atoms with Gasteiger partial charge in [0, 0.05) is 13.1 Å². The van der Waals surface area contributed by atoms with Crippen molar-refractivity contribution in [2.24, 2.45) is 0 Å². The van der Waals surface area contributed by atoms with E-state index >= 15 is 0 Å². The van der Waals surface area contributed by atoms with Gasteiger partial charge in [-0.2, -0.15) is 0 Å². The summed E-state index contributed by atoms with van der Waals surface area (Å²) >= 11 is 11.7. The van der Waals surface area contributed by atoms with Crippen LogP contribution in [-0.2, 0) is 0 Å². The smallest absolute Gasteiger partial charge is 0.321 e. The largest absolute Gasteiger partial charge is 0.325 e. The molecule has 0 spiro atoms. The number of hydrogen-bond acceptors (Lipinski definition) is 1. The minimum Gasteiger partial charge on any atom is -0.325 e. The quantitative estimate of drug-likeness (QED) is 0.828. The first-order valence-corrected chi connectivity index (χ1v) is 6.54. The molecule has 1 fully saturated rings. The Kier molecular flexibility index (Phi) is 4.30. The van der Waals surface area contributed by atoms with Gasteiger partial charge < -0.3 is 10.2 Å². The molecule has 18 heavy (non-hydrogen) atoms. The average Bonchev–Trinajstić information content (AvgIpc) is 2.34.